The van der Waals surface area contributed by atoms with E-state index in [-0.39, 0.29) is 11.3 Å². The number of nitrogens with zero attached hydrogens (tertiary/aromatic N) is 3. The second-order valence-corrected chi connectivity index (χ2v) is 6.81. The summed E-state index contributed by atoms with van der Waals surface area (Å²) >= 11 is 1.41. The molecular formula is C19H13N3O3S. The lowest BCUT2D eigenvalue weighted by Crippen LogP contribution is -2.13. The van der Waals surface area contributed by atoms with E-state index in [9.17, 15) is 14.9 Å². The summed E-state index contributed by atoms with van der Waals surface area (Å²) < 4.78 is 2.91. The van der Waals surface area contributed by atoms with Crippen LogP contribution in [0.2, 0.25) is 0 Å². The normalized spacial score (nSPS) is 12.0. The fourth-order valence-electron chi connectivity index (χ4n) is 2.93. The van der Waals surface area contributed by atoms with E-state index in [4.69, 9.17) is 0 Å². The van der Waals surface area contributed by atoms with Gasteiger partial charge in [0.2, 0.25) is 0 Å². The number of carbonyl (C=O) groups excluding carboxylic acids is 1. The predicted molar refractivity (Wildman–Crippen MR) is 101 cm³/mol. The maximum absolute atomic E-state index is 12.5. The third-order valence-electron chi connectivity index (χ3n) is 4.19. The maximum Gasteiger partial charge on any atom is 0.279 e. The van der Waals surface area contributed by atoms with Gasteiger partial charge in [0.1, 0.15) is 0 Å². The molecule has 0 unspecified atom stereocenters. The van der Waals surface area contributed by atoms with E-state index in [2.05, 4.69) is 4.99 Å². The van der Waals surface area contributed by atoms with Gasteiger partial charge in [-0.1, -0.05) is 47.7 Å². The number of aryl methyl sites for hydroxylation is 1. The lowest BCUT2D eigenvalue weighted by atomic mass is 10.1. The van der Waals surface area contributed by atoms with Crippen molar-refractivity contribution in [1.82, 2.24) is 4.57 Å². The van der Waals surface area contributed by atoms with Crippen molar-refractivity contribution in [3.8, 4) is 0 Å². The minimum absolute atomic E-state index is 0.127. The highest BCUT2D eigenvalue weighted by molar-refractivity contribution is 7.16. The molecule has 0 bridgehead atoms. The molecule has 4 aromatic rings. The summed E-state index contributed by atoms with van der Waals surface area (Å²) in [4.78, 5) is 27.6. The molecule has 0 aliphatic carbocycles. The Hall–Kier alpha value is -3.32. The summed E-state index contributed by atoms with van der Waals surface area (Å²) in [6.45, 7) is 0. The molecule has 0 aliphatic heterocycles. The van der Waals surface area contributed by atoms with Crippen LogP contribution < -0.4 is 4.80 Å². The van der Waals surface area contributed by atoms with E-state index < -0.39 is 10.8 Å². The molecule has 0 aliphatic rings. The fraction of sp³-hybridized carbons (Fsp3) is 0.0526. The van der Waals surface area contributed by atoms with E-state index in [0.717, 1.165) is 21.0 Å². The van der Waals surface area contributed by atoms with Gasteiger partial charge in [-0.3, -0.25) is 14.9 Å². The molecule has 0 radical (unpaired) electrons. The smallest absolute Gasteiger partial charge is 0.279 e. The molecule has 128 valence electrons. The van der Waals surface area contributed by atoms with E-state index in [1.807, 2.05) is 48.0 Å². The molecule has 1 amide bonds. The summed E-state index contributed by atoms with van der Waals surface area (Å²) in [6.07, 6.45) is 0. The van der Waals surface area contributed by atoms with Crippen LogP contribution in [-0.4, -0.2) is 15.4 Å². The minimum atomic E-state index is -0.525. The van der Waals surface area contributed by atoms with Gasteiger partial charge >= 0.3 is 0 Å². The Morgan fingerprint density at radius 2 is 1.92 bits per heavy atom. The summed E-state index contributed by atoms with van der Waals surface area (Å²) in [5.74, 6) is -0.500. The van der Waals surface area contributed by atoms with E-state index in [1.165, 1.54) is 35.6 Å². The molecule has 0 atom stereocenters. The van der Waals surface area contributed by atoms with Crippen molar-refractivity contribution in [2.24, 2.45) is 12.0 Å². The summed E-state index contributed by atoms with van der Waals surface area (Å²) in [5, 5.41) is 13.1. The molecule has 1 heterocycles. The summed E-state index contributed by atoms with van der Waals surface area (Å²) in [7, 11) is 1.87. The third kappa shape index (κ3) is 2.68. The van der Waals surface area contributed by atoms with Crippen LogP contribution in [0.1, 0.15) is 10.4 Å². The van der Waals surface area contributed by atoms with Crippen LogP contribution in [0.4, 0.5) is 5.69 Å². The van der Waals surface area contributed by atoms with Gasteiger partial charge < -0.3 is 4.57 Å². The number of non-ortho nitro benzene ring substituents is 1. The molecule has 7 heteroatoms. The van der Waals surface area contributed by atoms with Crippen molar-refractivity contribution >= 4 is 43.9 Å². The second kappa shape index (κ2) is 6.20. The third-order valence-corrected chi connectivity index (χ3v) is 5.29. The van der Waals surface area contributed by atoms with E-state index in [1.54, 1.807) is 0 Å². The Morgan fingerprint density at radius 1 is 1.12 bits per heavy atom. The lowest BCUT2D eigenvalue weighted by molar-refractivity contribution is -0.384. The number of aromatic nitrogens is 1. The average Bonchev–Trinajstić information content (AvgIpc) is 2.98. The Bertz CT molecular complexity index is 1250. The van der Waals surface area contributed by atoms with Crippen molar-refractivity contribution in [2.45, 2.75) is 0 Å². The Balaban J connectivity index is 1.87. The van der Waals surface area contributed by atoms with Gasteiger partial charge in [-0.2, -0.15) is 4.99 Å². The number of rotatable bonds is 2. The minimum Gasteiger partial charge on any atom is -0.319 e. The van der Waals surface area contributed by atoms with Crippen molar-refractivity contribution in [3.05, 3.63) is 81.1 Å². The summed E-state index contributed by atoms with van der Waals surface area (Å²) in [5.41, 5.74) is 1.08. The average molecular weight is 363 g/mol. The van der Waals surface area contributed by atoms with Crippen LogP contribution in [-0.2, 0) is 7.05 Å². The van der Waals surface area contributed by atoms with Gasteiger partial charge in [0, 0.05) is 30.1 Å². The van der Waals surface area contributed by atoms with Crippen molar-refractivity contribution in [1.29, 1.82) is 0 Å². The van der Waals surface area contributed by atoms with Crippen LogP contribution in [0.5, 0.6) is 0 Å². The zero-order chi connectivity index (χ0) is 18.3. The van der Waals surface area contributed by atoms with Gasteiger partial charge in [0.05, 0.1) is 15.1 Å². The molecule has 6 nitrogen and oxygen atoms in total. The monoisotopic (exact) mass is 363 g/mol. The molecule has 0 N–H and O–H groups in total. The Labute approximate surface area is 151 Å². The Kier molecular flexibility index (Phi) is 3.85. The predicted octanol–water partition coefficient (Wildman–Crippen LogP) is 4.04. The topological polar surface area (TPSA) is 77.5 Å². The van der Waals surface area contributed by atoms with Crippen molar-refractivity contribution in [2.75, 3.05) is 0 Å². The van der Waals surface area contributed by atoms with Crippen LogP contribution >= 0.6 is 11.3 Å². The molecule has 1 aromatic heterocycles. The SMILES string of the molecule is Cn1c(=NC(=O)c2cccc([N+](=O)[O-])c2)sc2ccc3ccccc3c21. The fourth-order valence-corrected chi connectivity index (χ4v) is 3.96. The standard InChI is InChI=1S/C19H13N3O3S/c1-21-17-15-8-3-2-5-12(15)9-10-16(17)26-19(21)20-18(23)13-6-4-7-14(11-13)22(24)25/h2-11H,1H3. The molecular weight excluding hydrogens is 350 g/mol. The Morgan fingerprint density at radius 3 is 2.73 bits per heavy atom. The lowest BCUT2D eigenvalue weighted by Gasteiger charge is -2.01. The quantitative estimate of drug-likeness (QED) is 0.398. The van der Waals surface area contributed by atoms with Gasteiger partial charge in [0.15, 0.2) is 4.80 Å². The van der Waals surface area contributed by atoms with Crippen LogP contribution in [0, 0.1) is 10.1 Å². The molecule has 3 aromatic carbocycles. The number of amides is 1. The highest BCUT2D eigenvalue weighted by Gasteiger charge is 2.12. The molecule has 0 saturated carbocycles. The van der Waals surface area contributed by atoms with E-state index in [0.29, 0.717) is 4.80 Å². The van der Waals surface area contributed by atoms with Gasteiger partial charge in [0.25, 0.3) is 11.6 Å². The van der Waals surface area contributed by atoms with Crippen molar-refractivity contribution in [3.63, 3.8) is 0 Å². The highest BCUT2D eigenvalue weighted by Crippen LogP contribution is 2.26. The molecule has 0 spiro atoms. The van der Waals surface area contributed by atoms with E-state index >= 15 is 0 Å². The first kappa shape index (κ1) is 16.2. The zero-order valence-corrected chi connectivity index (χ0v) is 14.6. The van der Waals surface area contributed by atoms with Crippen LogP contribution in [0.25, 0.3) is 21.0 Å². The number of benzene rings is 3. The zero-order valence-electron chi connectivity index (χ0n) is 13.7. The highest BCUT2D eigenvalue weighted by atomic mass is 32.1. The number of fused-ring (bicyclic) bond motifs is 3. The van der Waals surface area contributed by atoms with Gasteiger partial charge in [-0.15, -0.1) is 0 Å². The largest absolute Gasteiger partial charge is 0.319 e. The maximum atomic E-state index is 12.5. The van der Waals surface area contributed by atoms with Crippen LogP contribution in [0.3, 0.4) is 0 Å². The molecule has 26 heavy (non-hydrogen) atoms. The number of nitro benzene ring substituents is 1. The number of hydrogen-bond donors (Lipinski definition) is 0. The molecule has 4 rings (SSSR count). The molecule has 0 fully saturated rings. The number of thiazole rings is 1. The van der Waals surface area contributed by atoms with Crippen molar-refractivity contribution < 1.29 is 9.72 Å². The van der Waals surface area contributed by atoms with Gasteiger partial charge in [-0.05, 0) is 17.5 Å². The first-order chi connectivity index (χ1) is 12.5. The number of nitro groups is 1. The number of carbonyl (C=O) groups is 1. The summed E-state index contributed by atoms with van der Waals surface area (Å²) in [6, 6.07) is 17.7. The molecule has 0 saturated heterocycles. The first-order valence-electron chi connectivity index (χ1n) is 7.85. The number of hydrogen-bond acceptors (Lipinski definition) is 4. The first-order valence-corrected chi connectivity index (χ1v) is 8.67. The van der Waals surface area contributed by atoms with Gasteiger partial charge in [-0.25, -0.2) is 0 Å². The second-order valence-electron chi connectivity index (χ2n) is 5.80. The van der Waals surface area contributed by atoms with Crippen LogP contribution in [0.15, 0.2) is 65.7 Å².